The van der Waals surface area contributed by atoms with Crippen molar-refractivity contribution in [1.29, 1.82) is 0 Å². The van der Waals surface area contributed by atoms with E-state index in [-0.39, 0.29) is 11.7 Å². The zero-order chi connectivity index (χ0) is 17.3. The summed E-state index contributed by atoms with van der Waals surface area (Å²) in [5.41, 5.74) is 4.55. The van der Waals surface area contributed by atoms with Gasteiger partial charge in [-0.2, -0.15) is 15.0 Å². The molecule has 5 heteroatoms. The molecule has 2 aromatic carbocycles. The van der Waals surface area contributed by atoms with Crippen molar-refractivity contribution in [2.24, 2.45) is 0 Å². The van der Waals surface area contributed by atoms with Gasteiger partial charge in [0, 0.05) is 0 Å². The second kappa shape index (κ2) is 6.61. The minimum absolute atomic E-state index is 0.207. The van der Waals surface area contributed by atoms with Crippen LogP contribution in [0.2, 0.25) is 0 Å². The molecule has 0 amide bonds. The van der Waals surface area contributed by atoms with Gasteiger partial charge in [-0.3, -0.25) is 0 Å². The highest BCUT2D eigenvalue weighted by molar-refractivity contribution is 5.74. The fourth-order valence-corrected chi connectivity index (χ4v) is 2.82. The van der Waals surface area contributed by atoms with Crippen molar-refractivity contribution in [2.75, 3.05) is 0 Å². The Morgan fingerprint density at radius 3 is 2.54 bits per heavy atom. The van der Waals surface area contributed by atoms with Crippen LogP contribution in [0.1, 0.15) is 49.0 Å². The van der Waals surface area contributed by atoms with Crippen molar-refractivity contribution in [3.8, 4) is 5.75 Å². The lowest BCUT2D eigenvalue weighted by Crippen LogP contribution is -2.08. The van der Waals surface area contributed by atoms with Crippen molar-refractivity contribution in [2.45, 2.75) is 45.8 Å². The van der Waals surface area contributed by atoms with E-state index in [0.29, 0.717) is 13.0 Å². The fourth-order valence-electron chi connectivity index (χ4n) is 2.82. The number of aromatic hydroxyl groups is 1. The van der Waals surface area contributed by atoms with E-state index in [2.05, 4.69) is 10.2 Å². The molecule has 0 aliphatic carbocycles. The van der Waals surface area contributed by atoms with Gasteiger partial charge in [-0.05, 0) is 60.2 Å². The molecule has 0 saturated carbocycles. The summed E-state index contributed by atoms with van der Waals surface area (Å²) in [6, 6.07) is 11.3. The van der Waals surface area contributed by atoms with E-state index >= 15 is 0 Å². The number of benzene rings is 2. The van der Waals surface area contributed by atoms with Gasteiger partial charge in [0.2, 0.25) is 0 Å². The summed E-state index contributed by atoms with van der Waals surface area (Å²) in [5, 5.41) is 29.2. The van der Waals surface area contributed by atoms with Gasteiger partial charge >= 0.3 is 0 Å². The van der Waals surface area contributed by atoms with Gasteiger partial charge in [0.1, 0.15) is 16.8 Å². The molecule has 1 unspecified atom stereocenters. The number of aliphatic hydroxyl groups excluding tert-OH is 1. The second-order valence-electron chi connectivity index (χ2n) is 6.57. The topological polar surface area (TPSA) is 71.2 Å². The van der Waals surface area contributed by atoms with Crippen molar-refractivity contribution in [3.63, 3.8) is 0 Å². The van der Waals surface area contributed by atoms with Crippen LogP contribution in [0.15, 0.2) is 36.4 Å². The van der Waals surface area contributed by atoms with Crippen molar-refractivity contribution in [3.05, 3.63) is 53.1 Å². The molecule has 2 N–H and O–H groups in total. The summed E-state index contributed by atoms with van der Waals surface area (Å²) in [4.78, 5) is 1.64. The summed E-state index contributed by atoms with van der Waals surface area (Å²) in [7, 11) is 0. The Labute approximate surface area is 141 Å². The lowest BCUT2D eigenvalue weighted by atomic mass is 9.96. The van der Waals surface area contributed by atoms with Gasteiger partial charge in [-0.25, -0.2) is 0 Å². The Kier molecular flexibility index (Phi) is 4.53. The van der Waals surface area contributed by atoms with Gasteiger partial charge in [-0.15, -0.1) is 0 Å². The number of phenols is 1. The highest BCUT2D eigenvalue weighted by atomic mass is 16.3. The van der Waals surface area contributed by atoms with Crippen LogP contribution in [0.4, 0.5) is 0 Å². The number of rotatable bonds is 5. The van der Waals surface area contributed by atoms with E-state index in [9.17, 15) is 10.2 Å². The Bertz CT molecular complexity index is 855. The molecule has 1 atom stereocenters. The third-order valence-corrected chi connectivity index (χ3v) is 4.24. The van der Waals surface area contributed by atoms with E-state index < -0.39 is 6.10 Å². The first-order valence-electron chi connectivity index (χ1n) is 8.26. The summed E-state index contributed by atoms with van der Waals surface area (Å²) < 4.78 is 0. The maximum absolute atomic E-state index is 10.4. The zero-order valence-corrected chi connectivity index (χ0v) is 14.3. The van der Waals surface area contributed by atoms with Crippen LogP contribution < -0.4 is 0 Å². The molecule has 126 valence electrons. The minimum atomic E-state index is -0.612. The summed E-state index contributed by atoms with van der Waals surface area (Å²) in [6.45, 7) is 6.60. The average Bonchev–Trinajstić information content (AvgIpc) is 2.94. The van der Waals surface area contributed by atoms with Gasteiger partial charge in [0.25, 0.3) is 0 Å². The first-order valence-corrected chi connectivity index (χ1v) is 8.26. The van der Waals surface area contributed by atoms with E-state index in [1.165, 1.54) is 0 Å². The minimum Gasteiger partial charge on any atom is -0.508 e. The molecule has 24 heavy (non-hydrogen) atoms. The van der Waals surface area contributed by atoms with Crippen LogP contribution in [0, 0.1) is 6.92 Å². The molecule has 0 bridgehead atoms. The third kappa shape index (κ3) is 3.41. The predicted octanol–water partition coefficient (Wildman–Crippen LogP) is 3.69. The van der Waals surface area contributed by atoms with E-state index in [1.54, 1.807) is 16.9 Å². The quantitative estimate of drug-likeness (QED) is 0.750. The van der Waals surface area contributed by atoms with E-state index in [0.717, 1.165) is 27.7 Å². The first-order chi connectivity index (χ1) is 11.4. The van der Waals surface area contributed by atoms with Crippen molar-refractivity contribution in [1.82, 2.24) is 15.0 Å². The number of fused-ring (bicyclic) bond motifs is 1. The number of hydrogen-bond acceptors (Lipinski definition) is 4. The van der Waals surface area contributed by atoms with Gasteiger partial charge < -0.3 is 10.2 Å². The van der Waals surface area contributed by atoms with E-state index in [1.807, 2.05) is 45.0 Å². The molecular weight excluding hydrogens is 302 g/mol. The zero-order valence-electron chi connectivity index (χ0n) is 14.3. The number of hydrogen-bond donors (Lipinski definition) is 2. The molecule has 0 fully saturated rings. The molecule has 0 radical (unpaired) electrons. The smallest absolute Gasteiger partial charge is 0.119 e. The molecule has 1 heterocycles. The Morgan fingerprint density at radius 2 is 1.79 bits per heavy atom. The number of nitrogens with zero attached hydrogens (tertiary/aromatic N) is 3. The second-order valence-corrected chi connectivity index (χ2v) is 6.57. The highest BCUT2D eigenvalue weighted by Gasteiger charge is 2.13. The summed E-state index contributed by atoms with van der Waals surface area (Å²) in [5.74, 6) is 0.481. The van der Waals surface area contributed by atoms with Gasteiger partial charge in [0.05, 0.1) is 12.6 Å². The standard InChI is InChI=1S/C19H23N3O2/c1-12(2)15-11-14(5-7-19(15)24)18(23)8-9-22-20-16-6-4-13(3)10-17(16)21-22/h4-7,10-12,18,23-24H,8-9H2,1-3H3. The van der Waals surface area contributed by atoms with Gasteiger partial charge in [-0.1, -0.05) is 26.0 Å². The van der Waals surface area contributed by atoms with Crippen LogP contribution in [-0.2, 0) is 6.54 Å². The molecular formula is C19H23N3O2. The average molecular weight is 325 g/mol. The maximum Gasteiger partial charge on any atom is 0.119 e. The fraction of sp³-hybridized carbons (Fsp3) is 0.368. The number of phenolic OH excluding ortho intramolecular Hbond substituents is 1. The van der Waals surface area contributed by atoms with Gasteiger partial charge in [0.15, 0.2) is 0 Å². The summed E-state index contributed by atoms with van der Waals surface area (Å²) >= 11 is 0. The number of aryl methyl sites for hydroxylation is 2. The normalized spacial score (nSPS) is 12.9. The molecule has 0 spiro atoms. The SMILES string of the molecule is Cc1ccc2nn(CCC(O)c3ccc(O)c(C(C)C)c3)nc2c1. The summed E-state index contributed by atoms with van der Waals surface area (Å²) in [6.07, 6.45) is -0.0959. The molecule has 0 saturated heterocycles. The largest absolute Gasteiger partial charge is 0.508 e. The lowest BCUT2D eigenvalue weighted by molar-refractivity contribution is 0.157. The van der Waals surface area contributed by atoms with Crippen LogP contribution >= 0.6 is 0 Å². The molecule has 5 nitrogen and oxygen atoms in total. The lowest BCUT2D eigenvalue weighted by Gasteiger charge is -2.15. The van der Waals surface area contributed by atoms with Crippen LogP contribution in [0.3, 0.4) is 0 Å². The van der Waals surface area contributed by atoms with Crippen LogP contribution in [0.5, 0.6) is 5.75 Å². The molecule has 1 aromatic heterocycles. The molecule has 3 rings (SSSR count). The first kappa shape index (κ1) is 16.5. The Hall–Kier alpha value is -2.40. The Morgan fingerprint density at radius 1 is 1.04 bits per heavy atom. The van der Waals surface area contributed by atoms with Crippen LogP contribution in [-0.4, -0.2) is 25.2 Å². The number of aliphatic hydroxyl groups is 1. The highest BCUT2D eigenvalue weighted by Crippen LogP contribution is 2.29. The molecule has 0 aliphatic heterocycles. The van der Waals surface area contributed by atoms with Crippen molar-refractivity contribution < 1.29 is 10.2 Å². The van der Waals surface area contributed by atoms with E-state index in [4.69, 9.17) is 0 Å². The predicted molar refractivity (Wildman–Crippen MR) is 94.0 cm³/mol. The monoisotopic (exact) mass is 325 g/mol. The molecule has 0 aliphatic rings. The Balaban J connectivity index is 1.72. The maximum atomic E-state index is 10.4. The van der Waals surface area contributed by atoms with Crippen LogP contribution in [0.25, 0.3) is 11.0 Å². The molecule has 3 aromatic rings. The van der Waals surface area contributed by atoms with Crippen molar-refractivity contribution >= 4 is 11.0 Å². The third-order valence-electron chi connectivity index (χ3n) is 4.24. The number of aromatic nitrogens is 3.